The van der Waals surface area contributed by atoms with Crippen molar-refractivity contribution >= 4 is 21.5 Å². The number of fused-ring (bicyclic) bond motifs is 7. The minimum Gasteiger partial charge on any atom is -1.00 e. The van der Waals surface area contributed by atoms with E-state index in [0.717, 1.165) is 12.1 Å². The number of quaternary nitrogens is 1. The van der Waals surface area contributed by atoms with Crippen molar-refractivity contribution in [1.82, 2.24) is 0 Å². The Kier molecular flexibility index (Phi) is 6.69. The third kappa shape index (κ3) is 3.92. The fourth-order valence-electron chi connectivity index (χ4n) is 8.18. The fraction of sp³-hybridized carbons (Fsp3) is 0.412. The molecular formula is C34H38BrN. The molecular weight excluding hydrogens is 502 g/mol. The van der Waals surface area contributed by atoms with E-state index in [4.69, 9.17) is 0 Å². The van der Waals surface area contributed by atoms with Crippen molar-refractivity contribution in [3.63, 3.8) is 0 Å². The van der Waals surface area contributed by atoms with Crippen LogP contribution in [0.15, 0.2) is 72.8 Å². The van der Waals surface area contributed by atoms with E-state index in [1.807, 2.05) is 0 Å². The number of halogens is 1. The molecule has 4 aromatic rings. The Morgan fingerprint density at radius 1 is 0.472 bits per heavy atom. The number of hydrogen-bond donors (Lipinski definition) is 0. The molecule has 4 aromatic carbocycles. The van der Waals surface area contributed by atoms with Gasteiger partial charge in [0.1, 0.15) is 13.1 Å². The van der Waals surface area contributed by atoms with Crippen LogP contribution in [-0.2, 0) is 13.1 Å². The highest BCUT2D eigenvalue weighted by atomic mass is 79.9. The van der Waals surface area contributed by atoms with Gasteiger partial charge in [0.25, 0.3) is 0 Å². The Morgan fingerprint density at radius 2 is 0.889 bits per heavy atom. The minimum atomic E-state index is 0. The summed E-state index contributed by atoms with van der Waals surface area (Å²) in [5.74, 6) is 0. The second-order valence-electron chi connectivity index (χ2n) is 11.6. The molecule has 2 aliphatic carbocycles. The van der Waals surface area contributed by atoms with Gasteiger partial charge < -0.3 is 21.5 Å². The normalized spacial score (nSPS) is 20.3. The van der Waals surface area contributed by atoms with Gasteiger partial charge in [0.15, 0.2) is 0 Å². The average Bonchev–Trinajstić information content (AvgIpc) is 3.10. The average molecular weight is 541 g/mol. The molecule has 186 valence electrons. The van der Waals surface area contributed by atoms with Gasteiger partial charge in [-0.2, -0.15) is 0 Å². The summed E-state index contributed by atoms with van der Waals surface area (Å²) in [5.41, 5.74) is 6.24. The van der Waals surface area contributed by atoms with E-state index in [-0.39, 0.29) is 17.0 Å². The first-order valence-corrected chi connectivity index (χ1v) is 14.2. The Hall–Kier alpha value is -2.16. The predicted molar refractivity (Wildman–Crippen MR) is 148 cm³/mol. The molecule has 0 spiro atoms. The maximum atomic E-state index is 2.51. The summed E-state index contributed by atoms with van der Waals surface area (Å²) in [4.78, 5) is 0. The van der Waals surface area contributed by atoms with Crippen molar-refractivity contribution in [2.45, 2.75) is 89.4 Å². The number of nitrogens with zero attached hydrogens (tertiary/aromatic N) is 1. The summed E-state index contributed by atoms with van der Waals surface area (Å²) in [6.45, 7) is 2.41. The van der Waals surface area contributed by atoms with Crippen LogP contribution in [0.5, 0.6) is 0 Å². The quantitative estimate of drug-likeness (QED) is 0.267. The summed E-state index contributed by atoms with van der Waals surface area (Å²) < 4.78 is 1.32. The van der Waals surface area contributed by atoms with Crippen molar-refractivity contribution in [2.24, 2.45) is 0 Å². The van der Waals surface area contributed by atoms with Crippen LogP contribution in [0.4, 0.5) is 0 Å². The van der Waals surface area contributed by atoms with Crippen molar-refractivity contribution in [3.05, 3.63) is 83.9 Å². The highest BCUT2D eigenvalue weighted by molar-refractivity contribution is 6.07. The van der Waals surface area contributed by atoms with Gasteiger partial charge in [-0.05, 0) is 84.0 Å². The lowest BCUT2D eigenvalue weighted by atomic mass is 9.84. The first-order valence-electron chi connectivity index (χ1n) is 14.2. The molecule has 0 amide bonds. The largest absolute Gasteiger partial charge is 1.00 e. The maximum Gasteiger partial charge on any atom is 0.106 e. The van der Waals surface area contributed by atoms with Crippen LogP contribution in [0.1, 0.15) is 75.3 Å². The van der Waals surface area contributed by atoms with Gasteiger partial charge in [0.05, 0.1) is 12.1 Å². The van der Waals surface area contributed by atoms with E-state index < -0.39 is 0 Å². The van der Waals surface area contributed by atoms with Crippen molar-refractivity contribution in [3.8, 4) is 11.1 Å². The SMILES string of the molecule is [Br-].c1ccc2c3c(ccc2c1)C[N+](C1CCCCC1)(C1CCCCC1)Cc1ccc2ccccc2c1-3. The lowest BCUT2D eigenvalue weighted by Crippen LogP contribution is -3.00. The van der Waals surface area contributed by atoms with Gasteiger partial charge in [-0.15, -0.1) is 0 Å². The summed E-state index contributed by atoms with van der Waals surface area (Å²) in [5, 5.41) is 5.63. The number of hydrogen-bond acceptors (Lipinski definition) is 0. The second-order valence-corrected chi connectivity index (χ2v) is 11.6. The molecule has 0 aromatic heterocycles. The maximum absolute atomic E-state index is 2.51. The van der Waals surface area contributed by atoms with E-state index >= 15 is 0 Å². The molecule has 36 heavy (non-hydrogen) atoms. The summed E-state index contributed by atoms with van der Waals surface area (Å²) in [6.07, 6.45) is 14.2. The summed E-state index contributed by atoms with van der Waals surface area (Å²) in [6, 6.07) is 29.7. The molecule has 1 aliphatic heterocycles. The predicted octanol–water partition coefficient (Wildman–Crippen LogP) is 6.16. The van der Waals surface area contributed by atoms with Crippen LogP contribution in [-0.4, -0.2) is 16.6 Å². The van der Waals surface area contributed by atoms with Gasteiger partial charge in [0, 0.05) is 11.1 Å². The standard InChI is InChI=1S/C34H38N.BrH/c1-3-13-29(14-4-1)35(30-15-5-2-6-16-30)23-27-21-19-25-11-7-9-17-31(25)33(27)34-28(24-35)22-20-26-12-8-10-18-32(26)34;/h7-12,17-22,29-30H,1-6,13-16,23-24H2;1H/q+1;/p-1. The molecule has 2 saturated carbocycles. The van der Waals surface area contributed by atoms with Crippen LogP contribution < -0.4 is 17.0 Å². The van der Waals surface area contributed by atoms with E-state index in [2.05, 4.69) is 72.8 Å². The molecule has 0 atom stereocenters. The van der Waals surface area contributed by atoms with Gasteiger partial charge >= 0.3 is 0 Å². The van der Waals surface area contributed by atoms with Gasteiger partial charge in [0.2, 0.25) is 0 Å². The lowest BCUT2D eigenvalue weighted by Gasteiger charge is -2.52. The molecule has 7 rings (SSSR count). The van der Waals surface area contributed by atoms with E-state index in [1.165, 1.54) is 114 Å². The first kappa shape index (κ1) is 24.2. The zero-order chi connectivity index (χ0) is 23.2. The zero-order valence-electron chi connectivity index (χ0n) is 21.4. The molecule has 2 heteroatoms. The molecule has 2 fully saturated rings. The van der Waals surface area contributed by atoms with E-state index in [0.29, 0.717) is 0 Å². The van der Waals surface area contributed by atoms with E-state index in [1.54, 1.807) is 11.1 Å². The molecule has 0 N–H and O–H groups in total. The second kappa shape index (κ2) is 9.95. The topological polar surface area (TPSA) is 0 Å². The first-order chi connectivity index (χ1) is 17.3. The third-order valence-corrected chi connectivity index (χ3v) is 9.81. The fourth-order valence-corrected chi connectivity index (χ4v) is 8.18. The Morgan fingerprint density at radius 3 is 1.33 bits per heavy atom. The molecule has 0 saturated heterocycles. The van der Waals surface area contributed by atoms with Crippen LogP contribution in [0.3, 0.4) is 0 Å². The third-order valence-electron chi connectivity index (χ3n) is 9.81. The van der Waals surface area contributed by atoms with Crippen molar-refractivity contribution in [1.29, 1.82) is 0 Å². The Bertz CT molecular complexity index is 1270. The molecule has 1 heterocycles. The molecule has 0 radical (unpaired) electrons. The molecule has 3 aliphatic rings. The number of benzene rings is 4. The van der Waals surface area contributed by atoms with Crippen molar-refractivity contribution in [2.75, 3.05) is 0 Å². The summed E-state index contributed by atoms with van der Waals surface area (Å²) in [7, 11) is 0. The molecule has 0 bridgehead atoms. The van der Waals surface area contributed by atoms with Crippen LogP contribution in [0.2, 0.25) is 0 Å². The Balaban J connectivity index is 0.00000240. The highest BCUT2D eigenvalue weighted by Crippen LogP contribution is 2.48. The molecule has 0 unspecified atom stereocenters. The summed E-state index contributed by atoms with van der Waals surface area (Å²) >= 11 is 0. The molecule has 1 nitrogen and oxygen atoms in total. The zero-order valence-corrected chi connectivity index (χ0v) is 23.0. The van der Waals surface area contributed by atoms with Gasteiger partial charge in [-0.3, -0.25) is 0 Å². The van der Waals surface area contributed by atoms with Crippen LogP contribution >= 0.6 is 0 Å². The van der Waals surface area contributed by atoms with Gasteiger partial charge in [-0.1, -0.05) is 85.6 Å². The van der Waals surface area contributed by atoms with E-state index in [9.17, 15) is 0 Å². The lowest BCUT2D eigenvalue weighted by molar-refractivity contribution is -0.999. The minimum absolute atomic E-state index is 0. The van der Waals surface area contributed by atoms with Crippen molar-refractivity contribution < 1.29 is 21.5 Å². The highest BCUT2D eigenvalue weighted by Gasteiger charge is 2.46. The Labute approximate surface area is 226 Å². The van der Waals surface area contributed by atoms with Crippen LogP contribution in [0.25, 0.3) is 32.7 Å². The van der Waals surface area contributed by atoms with Gasteiger partial charge in [-0.25, -0.2) is 0 Å². The van der Waals surface area contributed by atoms with Crippen LogP contribution in [0, 0.1) is 0 Å². The number of rotatable bonds is 2. The monoisotopic (exact) mass is 539 g/mol. The smallest absolute Gasteiger partial charge is 0.106 e.